The average Bonchev–Trinajstić information content (AvgIpc) is 2.57. The van der Waals surface area contributed by atoms with Gasteiger partial charge in [-0.3, -0.25) is 37.3 Å². The predicted molar refractivity (Wildman–Crippen MR) is 377 cm³/mol. The summed E-state index contributed by atoms with van der Waals surface area (Å²) in [5, 5.41) is 10.6. The highest BCUT2D eigenvalue weighted by atomic mass is 31.2. The van der Waals surface area contributed by atoms with Crippen LogP contribution >= 0.6 is 15.6 Å². The molecule has 0 aliphatic rings. The van der Waals surface area contributed by atoms with Crippen molar-refractivity contribution in [2.75, 3.05) is 39.6 Å². The summed E-state index contributed by atoms with van der Waals surface area (Å²) < 4.78 is 68.4. The van der Waals surface area contributed by atoms with Crippen LogP contribution in [-0.4, -0.2) is 96.7 Å². The molecule has 0 aliphatic carbocycles. The van der Waals surface area contributed by atoms with Crippen molar-refractivity contribution in [1.82, 2.24) is 0 Å². The zero-order valence-electron chi connectivity index (χ0n) is 59.9. The second kappa shape index (κ2) is 66.8. The fourth-order valence-electron chi connectivity index (χ4n) is 10.8. The smallest absolute Gasteiger partial charge is 0.462 e. The third kappa shape index (κ3) is 67.9. The number of unbranched alkanes of at least 4 members (excludes halogenated alkanes) is 41. The van der Waals surface area contributed by atoms with Crippen LogP contribution in [0.5, 0.6) is 0 Å². The van der Waals surface area contributed by atoms with Gasteiger partial charge in [-0.05, 0) is 57.3 Å². The molecular formula is C74H140O17P2. The summed E-state index contributed by atoms with van der Waals surface area (Å²) in [6, 6.07) is 0. The summed E-state index contributed by atoms with van der Waals surface area (Å²) in [5.41, 5.74) is 0. The first-order chi connectivity index (χ1) is 45.0. The Morgan fingerprint density at radius 1 is 0.333 bits per heavy atom. The van der Waals surface area contributed by atoms with Crippen molar-refractivity contribution in [3.05, 3.63) is 24.3 Å². The Hall–Kier alpha value is -2.46. The van der Waals surface area contributed by atoms with Gasteiger partial charge in [-0.2, -0.15) is 0 Å². The zero-order chi connectivity index (χ0) is 68.4. The number of aliphatic hydroxyl groups is 1. The van der Waals surface area contributed by atoms with E-state index in [1.165, 1.54) is 167 Å². The summed E-state index contributed by atoms with van der Waals surface area (Å²) >= 11 is 0. The first kappa shape index (κ1) is 90.5. The van der Waals surface area contributed by atoms with Gasteiger partial charge in [0.15, 0.2) is 12.2 Å². The Kier molecular flexibility index (Phi) is 65.0. The summed E-state index contributed by atoms with van der Waals surface area (Å²) in [6.07, 6.45) is 57.6. The largest absolute Gasteiger partial charge is 0.472 e. The topological polar surface area (TPSA) is 237 Å². The van der Waals surface area contributed by atoms with Crippen molar-refractivity contribution >= 4 is 39.5 Å². The van der Waals surface area contributed by atoms with Crippen LogP contribution in [0.1, 0.15) is 362 Å². The van der Waals surface area contributed by atoms with Gasteiger partial charge in [0.1, 0.15) is 19.3 Å². The number of carbonyl (C=O) groups is 4. The molecule has 0 radical (unpaired) electrons. The molecule has 0 saturated heterocycles. The van der Waals surface area contributed by atoms with E-state index in [2.05, 4.69) is 58.9 Å². The van der Waals surface area contributed by atoms with E-state index in [9.17, 15) is 43.2 Å². The van der Waals surface area contributed by atoms with Crippen molar-refractivity contribution in [3.8, 4) is 0 Å². The highest BCUT2D eigenvalue weighted by Gasteiger charge is 2.30. The molecule has 2 unspecified atom stereocenters. The molecule has 0 rings (SSSR count). The molecule has 548 valence electrons. The minimum Gasteiger partial charge on any atom is -0.462 e. The number of aliphatic hydroxyl groups excluding tert-OH is 1. The maximum atomic E-state index is 13.1. The Labute approximate surface area is 567 Å². The number of hydrogen-bond donors (Lipinski definition) is 3. The van der Waals surface area contributed by atoms with E-state index < -0.39 is 97.5 Å². The van der Waals surface area contributed by atoms with E-state index >= 15 is 0 Å². The summed E-state index contributed by atoms with van der Waals surface area (Å²) in [4.78, 5) is 72.7. The molecule has 0 heterocycles. The monoisotopic (exact) mass is 1360 g/mol. The highest BCUT2D eigenvalue weighted by molar-refractivity contribution is 7.47. The molecule has 0 aromatic heterocycles. The molecule has 3 N–H and O–H groups in total. The third-order valence-electron chi connectivity index (χ3n) is 16.7. The van der Waals surface area contributed by atoms with Crippen LogP contribution in [0, 0.1) is 5.92 Å². The average molecular weight is 1360 g/mol. The quantitative estimate of drug-likeness (QED) is 0.0169. The van der Waals surface area contributed by atoms with Gasteiger partial charge in [0.05, 0.1) is 26.4 Å². The second-order valence-electron chi connectivity index (χ2n) is 26.5. The van der Waals surface area contributed by atoms with Gasteiger partial charge < -0.3 is 33.8 Å². The molecule has 0 spiro atoms. The van der Waals surface area contributed by atoms with Crippen LogP contribution in [0.4, 0.5) is 0 Å². The predicted octanol–water partition coefficient (Wildman–Crippen LogP) is 21.2. The number of hydrogen-bond acceptors (Lipinski definition) is 15. The fourth-order valence-corrected chi connectivity index (χ4v) is 12.4. The van der Waals surface area contributed by atoms with Crippen LogP contribution in [0.2, 0.25) is 0 Å². The van der Waals surface area contributed by atoms with Gasteiger partial charge in [-0.25, -0.2) is 9.13 Å². The summed E-state index contributed by atoms with van der Waals surface area (Å²) in [5.74, 6) is -1.40. The van der Waals surface area contributed by atoms with E-state index in [0.717, 1.165) is 115 Å². The molecule has 19 heteroatoms. The maximum Gasteiger partial charge on any atom is 0.472 e. The van der Waals surface area contributed by atoms with Crippen molar-refractivity contribution in [1.29, 1.82) is 0 Å². The molecule has 93 heavy (non-hydrogen) atoms. The Bertz CT molecular complexity index is 1880. The zero-order valence-corrected chi connectivity index (χ0v) is 61.7. The lowest BCUT2D eigenvalue weighted by molar-refractivity contribution is -0.161. The molecule has 0 saturated carbocycles. The Balaban J connectivity index is 5.27. The number of phosphoric acid groups is 2. The summed E-state index contributed by atoms with van der Waals surface area (Å²) in [7, 11) is -9.92. The molecule has 5 atom stereocenters. The number of esters is 4. The number of ether oxygens (including phenoxy) is 4. The minimum absolute atomic E-state index is 0.101. The molecule has 0 fully saturated rings. The summed E-state index contributed by atoms with van der Waals surface area (Å²) in [6.45, 7) is 7.19. The van der Waals surface area contributed by atoms with Crippen molar-refractivity contribution in [3.63, 3.8) is 0 Å². The van der Waals surface area contributed by atoms with Crippen molar-refractivity contribution in [2.24, 2.45) is 5.92 Å². The molecule has 0 aromatic carbocycles. The lowest BCUT2D eigenvalue weighted by atomic mass is 10.0. The van der Waals surface area contributed by atoms with E-state index in [4.69, 9.17) is 37.0 Å². The lowest BCUT2D eigenvalue weighted by Gasteiger charge is -2.21. The molecule has 0 aromatic rings. The molecule has 0 amide bonds. The maximum absolute atomic E-state index is 13.1. The van der Waals surface area contributed by atoms with Gasteiger partial charge in [0.2, 0.25) is 0 Å². The molecule has 0 bridgehead atoms. The van der Waals surface area contributed by atoms with Gasteiger partial charge in [-0.15, -0.1) is 0 Å². The van der Waals surface area contributed by atoms with Gasteiger partial charge in [0.25, 0.3) is 0 Å². The lowest BCUT2D eigenvalue weighted by Crippen LogP contribution is -2.30. The number of allylic oxidation sites excluding steroid dienone is 4. The normalized spacial score (nSPS) is 14.2. The first-order valence-electron chi connectivity index (χ1n) is 38.0. The molecule has 17 nitrogen and oxygen atoms in total. The van der Waals surface area contributed by atoms with Crippen LogP contribution in [0.3, 0.4) is 0 Å². The third-order valence-corrected chi connectivity index (χ3v) is 18.6. The van der Waals surface area contributed by atoms with E-state index in [1.807, 2.05) is 0 Å². The number of carbonyl (C=O) groups excluding carboxylic acids is 4. The Morgan fingerprint density at radius 3 is 0.882 bits per heavy atom. The van der Waals surface area contributed by atoms with E-state index in [1.54, 1.807) is 0 Å². The van der Waals surface area contributed by atoms with Crippen molar-refractivity contribution in [2.45, 2.75) is 380 Å². The standard InChI is InChI=1S/C74H140O17P2/c1-6-9-12-15-18-21-23-25-27-29-31-33-39-44-49-54-59-73(78)90-70(64-85-72(77)58-53-48-43-38-32-30-28-26-24-22-19-16-13-10-7-2)66-89-93(82,83)87-62-68(75)61-86-92(80,81)88-65-69(63-84-71(76)57-52-47-42-36-20-17-14-11-8-3)91-74(79)60-55-50-45-40-35-34-37-41-46-51-56-67(4)5/h22,24,26,28,67-70,75H,6-21,23,25,27,29-66H2,1-5H3,(H,80,81)(H,82,83)/b24-22-,28-26-/t68-,69+,70+/m0/s1. The number of rotatable bonds is 72. The van der Waals surface area contributed by atoms with E-state index in [-0.39, 0.29) is 25.7 Å². The molecule has 0 aliphatic heterocycles. The van der Waals surface area contributed by atoms with E-state index in [0.29, 0.717) is 25.7 Å². The first-order valence-corrected chi connectivity index (χ1v) is 40.9. The minimum atomic E-state index is -4.96. The highest BCUT2D eigenvalue weighted by Crippen LogP contribution is 2.45. The number of phosphoric ester groups is 2. The fraction of sp³-hybridized carbons (Fsp3) is 0.892. The van der Waals surface area contributed by atoms with Gasteiger partial charge >= 0.3 is 39.5 Å². The second-order valence-corrected chi connectivity index (χ2v) is 29.4. The SMILES string of the molecule is CCCCCC/C=C\C=C/CCCCCCCC(=O)OC[C@H](COP(=O)(O)OC[C@@H](O)COP(=O)(O)OC[C@@H](COC(=O)CCCCCCCCCCC)OC(=O)CCCCCCCCCCCCC(C)C)OC(=O)CCCCCCCCCCCCCCCCCC. The van der Waals surface area contributed by atoms with Gasteiger partial charge in [-0.1, -0.05) is 309 Å². The van der Waals surface area contributed by atoms with Crippen LogP contribution in [0.15, 0.2) is 24.3 Å². The van der Waals surface area contributed by atoms with Crippen molar-refractivity contribution < 1.29 is 80.2 Å². The van der Waals surface area contributed by atoms with Crippen LogP contribution < -0.4 is 0 Å². The van der Waals surface area contributed by atoms with Crippen LogP contribution in [0.25, 0.3) is 0 Å². The van der Waals surface area contributed by atoms with Gasteiger partial charge in [0, 0.05) is 25.7 Å². The molecular weight excluding hydrogens is 1220 g/mol. The van der Waals surface area contributed by atoms with Crippen LogP contribution in [-0.2, 0) is 65.4 Å². The Morgan fingerprint density at radius 2 is 0.581 bits per heavy atom.